The van der Waals surface area contributed by atoms with E-state index in [1.165, 1.54) is 36.3 Å². The van der Waals surface area contributed by atoms with Crippen LogP contribution in [0.15, 0.2) is 83.8 Å². The first-order valence-electron chi connectivity index (χ1n) is 12.7. The number of methoxy groups -OCH3 is 1. The van der Waals surface area contributed by atoms with Crippen molar-refractivity contribution >= 4 is 21.8 Å². The Hall–Kier alpha value is -3.60. The van der Waals surface area contributed by atoms with Crippen LogP contribution >= 0.6 is 0 Å². The fourth-order valence-electron chi connectivity index (χ4n) is 4.09. The van der Waals surface area contributed by atoms with Crippen LogP contribution in [0.3, 0.4) is 0 Å². The molecule has 208 valence electrons. The standard InChI is InChI=1S/C29H34FN3O5S/c1-3-32-39(36,37)26-16-11-22(12-17-26)13-18-27(34)33(21-23-9-14-25(30)15-10-23)28(24-7-5-4-6-8-24)29(35)31-19-20-38-2/h4-12,14-17,28,32H,3,13,18-21H2,1-2H3,(H,31,35). The molecule has 10 heteroatoms. The van der Waals surface area contributed by atoms with Crippen LogP contribution in [-0.2, 0) is 37.3 Å². The Bertz CT molecular complexity index is 1320. The summed E-state index contributed by atoms with van der Waals surface area (Å²) in [5.41, 5.74) is 2.09. The molecule has 1 atom stereocenters. The van der Waals surface area contributed by atoms with Crippen LogP contribution in [0.4, 0.5) is 4.39 Å². The predicted molar refractivity (Wildman–Crippen MR) is 147 cm³/mol. The van der Waals surface area contributed by atoms with Gasteiger partial charge < -0.3 is 15.0 Å². The Morgan fingerprint density at radius 1 is 0.949 bits per heavy atom. The van der Waals surface area contributed by atoms with Gasteiger partial charge in [0, 0.05) is 33.2 Å². The fourth-order valence-corrected chi connectivity index (χ4v) is 5.14. The van der Waals surface area contributed by atoms with Crippen molar-refractivity contribution in [1.82, 2.24) is 14.9 Å². The van der Waals surface area contributed by atoms with Crippen LogP contribution < -0.4 is 10.0 Å². The van der Waals surface area contributed by atoms with Crippen molar-refractivity contribution in [3.8, 4) is 0 Å². The van der Waals surface area contributed by atoms with Crippen LogP contribution in [0, 0.1) is 5.82 Å². The van der Waals surface area contributed by atoms with Crippen molar-refractivity contribution in [2.45, 2.75) is 37.2 Å². The van der Waals surface area contributed by atoms with Gasteiger partial charge in [-0.3, -0.25) is 9.59 Å². The van der Waals surface area contributed by atoms with Gasteiger partial charge >= 0.3 is 0 Å². The average molecular weight is 556 g/mol. The second-order valence-corrected chi connectivity index (χ2v) is 10.7. The first kappa shape index (κ1) is 29.9. The van der Waals surface area contributed by atoms with Gasteiger partial charge in [-0.05, 0) is 47.4 Å². The highest BCUT2D eigenvalue weighted by Gasteiger charge is 2.31. The Balaban J connectivity index is 1.87. The van der Waals surface area contributed by atoms with E-state index in [4.69, 9.17) is 4.74 Å². The van der Waals surface area contributed by atoms with Crippen LogP contribution in [0.5, 0.6) is 0 Å². The maximum atomic E-state index is 13.7. The third kappa shape index (κ3) is 8.71. The molecule has 2 N–H and O–H groups in total. The third-order valence-corrected chi connectivity index (χ3v) is 7.62. The summed E-state index contributed by atoms with van der Waals surface area (Å²) in [6.45, 7) is 2.67. The second kappa shape index (κ2) is 14.5. The third-order valence-electron chi connectivity index (χ3n) is 6.06. The van der Waals surface area contributed by atoms with Gasteiger partial charge in [0.25, 0.3) is 0 Å². The largest absolute Gasteiger partial charge is 0.383 e. The minimum Gasteiger partial charge on any atom is -0.383 e. The molecule has 0 fully saturated rings. The van der Waals surface area contributed by atoms with E-state index in [2.05, 4.69) is 10.0 Å². The van der Waals surface area contributed by atoms with Crippen molar-refractivity contribution in [3.63, 3.8) is 0 Å². The zero-order valence-electron chi connectivity index (χ0n) is 22.1. The Morgan fingerprint density at radius 2 is 1.59 bits per heavy atom. The Kier molecular flexibility index (Phi) is 11.2. The van der Waals surface area contributed by atoms with Gasteiger partial charge in [0.05, 0.1) is 11.5 Å². The summed E-state index contributed by atoms with van der Waals surface area (Å²) in [7, 11) is -2.04. The van der Waals surface area contributed by atoms with Crippen LogP contribution in [0.1, 0.15) is 36.1 Å². The number of carbonyl (C=O) groups excluding carboxylic acids is 2. The normalized spacial score (nSPS) is 12.1. The summed E-state index contributed by atoms with van der Waals surface area (Å²) in [5, 5.41) is 2.84. The quantitative estimate of drug-likeness (QED) is 0.296. The number of nitrogens with one attached hydrogen (secondary N) is 2. The highest BCUT2D eigenvalue weighted by molar-refractivity contribution is 7.89. The van der Waals surface area contributed by atoms with Crippen LogP contribution in [0.2, 0.25) is 0 Å². The van der Waals surface area contributed by atoms with E-state index in [-0.39, 0.29) is 42.8 Å². The molecule has 3 aromatic carbocycles. The number of hydrogen-bond acceptors (Lipinski definition) is 5. The SMILES string of the molecule is CCNS(=O)(=O)c1ccc(CCC(=O)N(Cc2ccc(F)cc2)C(C(=O)NCCOC)c2ccccc2)cc1. The smallest absolute Gasteiger partial charge is 0.247 e. The van der Waals surface area contributed by atoms with E-state index < -0.39 is 21.9 Å². The van der Waals surface area contributed by atoms with Gasteiger partial charge in [-0.1, -0.05) is 61.5 Å². The number of benzene rings is 3. The zero-order valence-corrected chi connectivity index (χ0v) is 22.9. The fraction of sp³-hybridized carbons (Fsp3) is 0.310. The van der Waals surface area contributed by atoms with Crippen molar-refractivity contribution in [3.05, 3.63) is 101 Å². The maximum absolute atomic E-state index is 13.7. The number of aryl methyl sites for hydroxylation is 1. The van der Waals surface area contributed by atoms with Crippen LogP contribution in [-0.4, -0.2) is 51.9 Å². The number of sulfonamides is 1. The number of rotatable bonds is 14. The molecule has 8 nitrogen and oxygen atoms in total. The number of halogens is 1. The van der Waals surface area contributed by atoms with Gasteiger partial charge in [-0.25, -0.2) is 17.5 Å². The van der Waals surface area contributed by atoms with Crippen molar-refractivity contribution in [2.24, 2.45) is 0 Å². The molecule has 0 aliphatic carbocycles. The molecule has 1 unspecified atom stereocenters. The van der Waals surface area contributed by atoms with E-state index in [9.17, 15) is 22.4 Å². The molecule has 39 heavy (non-hydrogen) atoms. The number of hydrogen-bond donors (Lipinski definition) is 2. The molecular formula is C29H34FN3O5S. The molecule has 0 radical (unpaired) electrons. The summed E-state index contributed by atoms with van der Waals surface area (Å²) >= 11 is 0. The maximum Gasteiger partial charge on any atom is 0.247 e. The highest BCUT2D eigenvalue weighted by Crippen LogP contribution is 2.25. The lowest BCUT2D eigenvalue weighted by molar-refractivity contribution is -0.141. The summed E-state index contributed by atoms with van der Waals surface area (Å²) in [5.74, 6) is -1.03. The lowest BCUT2D eigenvalue weighted by atomic mass is 10.0. The average Bonchev–Trinajstić information content (AvgIpc) is 2.93. The topological polar surface area (TPSA) is 105 Å². The lowest BCUT2D eigenvalue weighted by Crippen LogP contribution is -2.44. The van der Waals surface area contributed by atoms with E-state index in [1.807, 2.05) is 6.07 Å². The molecule has 2 amide bonds. The van der Waals surface area contributed by atoms with Crippen molar-refractivity contribution < 1.29 is 27.1 Å². The second-order valence-electron chi connectivity index (χ2n) is 8.89. The summed E-state index contributed by atoms with van der Waals surface area (Å²) < 4.78 is 45.5. The highest BCUT2D eigenvalue weighted by atomic mass is 32.2. The molecule has 0 aliphatic rings. The Labute approximate surface area is 229 Å². The van der Waals surface area contributed by atoms with Crippen molar-refractivity contribution in [2.75, 3.05) is 26.8 Å². The molecule has 3 rings (SSSR count). The van der Waals surface area contributed by atoms with E-state index in [1.54, 1.807) is 55.5 Å². The zero-order chi connectivity index (χ0) is 28.3. The number of nitrogens with zero attached hydrogens (tertiary/aromatic N) is 1. The first-order chi connectivity index (χ1) is 18.7. The van der Waals surface area contributed by atoms with Gasteiger partial charge in [0.2, 0.25) is 21.8 Å². The predicted octanol–water partition coefficient (Wildman–Crippen LogP) is 3.59. The van der Waals surface area contributed by atoms with Gasteiger partial charge in [-0.2, -0.15) is 0 Å². The number of ether oxygens (including phenoxy) is 1. The van der Waals surface area contributed by atoms with E-state index in [0.717, 1.165) is 5.56 Å². The van der Waals surface area contributed by atoms with Crippen LogP contribution in [0.25, 0.3) is 0 Å². The van der Waals surface area contributed by atoms with Gasteiger partial charge in [0.15, 0.2) is 0 Å². The van der Waals surface area contributed by atoms with Crippen molar-refractivity contribution in [1.29, 1.82) is 0 Å². The monoisotopic (exact) mass is 555 g/mol. The Morgan fingerprint density at radius 3 is 2.21 bits per heavy atom. The molecule has 0 saturated heterocycles. The lowest BCUT2D eigenvalue weighted by Gasteiger charge is -2.32. The summed E-state index contributed by atoms with van der Waals surface area (Å²) in [6, 6.07) is 20.2. The summed E-state index contributed by atoms with van der Waals surface area (Å²) in [6.07, 6.45) is 0.419. The molecule has 0 heterocycles. The number of carbonyl (C=O) groups is 2. The minimum atomic E-state index is -3.58. The molecular weight excluding hydrogens is 521 g/mol. The van der Waals surface area contributed by atoms with Gasteiger partial charge in [-0.15, -0.1) is 0 Å². The molecule has 0 saturated carbocycles. The van der Waals surface area contributed by atoms with E-state index in [0.29, 0.717) is 24.2 Å². The molecule has 0 spiro atoms. The molecule has 0 bridgehead atoms. The molecule has 0 aliphatic heterocycles. The molecule has 3 aromatic rings. The van der Waals surface area contributed by atoms with E-state index >= 15 is 0 Å². The molecule has 0 aromatic heterocycles. The number of amides is 2. The van der Waals surface area contributed by atoms with Gasteiger partial charge in [0.1, 0.15) is 11.9 Å². The summed E-state index contributed by atoms with van der Waals surface area (Å²) in [4.78, 5) is 28.7. The minimum absolute atomic E-state index is 0.0786. The first-order valence-corrected chi connectivity index (χ1v) is 14.2.